The van der Waals surface area contributed by atoms with Crippen molar-refractivity contribution in [1.82, 2.24) is 10.7 Å². The number of benzene rings is 4. The quantitative estimate of drug-likeness (QED) is 0.0941. The molecule has 204 valence electrons. The number of fused-ring (bicyclic) bond motifs is 1. The standard InChI is InChI=1S/C30H22BrN5O5/c31-22-7-4-8-23(16-22)34-35-24-10-11-26(37)21(15-24)17-32-36-30(39)25(33-29(38)20-5-2-1-3-6-20)13-19-9-12-27-28(14-19)41-18-40-27/h1-17,37H,18H2,(H,33,38)(H,36,39). The second-order valence-electron chi connectivity index (χ2n) is 8.61. The van der Waals surface area contributed by atoms with Crippen LogP contribution >= 0.6 is 15.9 Å². The molecule has 0 saturated heterocycles. The third-order valence-electron chi connectivity index (χ3n) is 5.71. The Kier molecular flexibility index (Phi) is 8.46. The number of carbonyl (C=O) groups is 2. The summed E-state index contributed by atoms with van der Waals surface area (Å²) in [6.45, 7) is 0.106. The van der Waals surface area contributed by atoms with Gasteiger partial charge in [0.1, 0.15) is 11.4 Å². The highest BCUT2D eigenvalue weighted by Crippen LogP contribution is 2.33. The van der Waals surface area contributed by atoms with E-state index >= 15 is 0 Å². The van der Waals surface area contributed by atoms with Crippen LogP contribution in [0.2, 0.25) is 0 Å². The van der Waals surface area contributed by atoms with Crippen molar-refractivity contribution in [3.05, 3.63) is 118 Å². The van der Waals surface area contributed by atoms with Gasteiger partial charge in [0.15, 0.2) is 11.5 Å². The zero-order valence-electron chi connectivity index (χ0n) is 21.3. The van der Waals surface area contributed by atoms with Crippen LogP contribution in [0.4, 0.5) is 11.4 Å². The number of hydrogen-bond acceptors (Lipinski definition) is 8. The van der Waals surface area contributed by atoms with E-state index in [-0.39, 0.29) is 18.2 Å². The number of amides is 2. The lowest BCUT2D eigenvalue weighted by molar-refractivity contribution is -0.117. The Hall–Kier alpha value is -5.29. The van der Waals surface area contributed by atoms with Crippen molar-refractivity contribution < 1.29 is 24.2 Å². The fourth-order valence-electron chi connectivity index (χ4n) is 3.69. The van der Waals surface area contributed by atoms with Gasteiger partial charge in [0.25, 0.3) is 11.8 Å². The van der Waals surface area contributed by atoms with Gasteiger partial charge in [-0.1, -0.05) is 46.3 Å². The maximum atomic E-state index is 13.1. The Morgan fingerprint density at radius 1 is 0.854 bits per heavy atom. The molecule has 1 aliphatic rings. The summed E-state index contributed by atoms with van der Waals surface area (Å²) >= 11 is 3.39. The first kappa shape index (κ1) is 27.3. The fourth-order valence-corrected chi connectivity index (χ4v) is 4.08. The number of carbonyl (C=O) groups excluding carboxylic acids is 2. The zero-order chi connectivity index (χ0) is 28.6. The van der Waals surface area contributed by atoms with Gasteiger partial charge in [-0.3, -0.25) is 9.59 Å². The minimum Gasteiger partial charge on any atom is -0.507 e. The molecule has 0 radical (unpaired) electrons. The Balaban J connectivity index is 1.33. The molecule has 5 rings (SSSR count). The molecule has 4 aromatic carbocycles. The molecule has 1 aliphatic heterocycles. The monoisotopic (exact) mass is 611 g/mol. The van der Waals surface area contributed by atoms with Crippen LogP contribution in [0.5, 0.6) is 17.2 Å². The summed E-state index contributed by atoms with van der Waals surface area (Å²) < 4.78 is 11.6. The fraction of sp³-hybridized carbons (Fsp3) is 0.0333. The van der Waals surface area contributed by atoms with Crippen molar-refractivity contribution in [2.75, 3.05) is 6.79 Å². The number of nitrogens with zero attached hydrogens (tertiary/aromatic N) is 3. The van der Waals surface area contributed by atoms with Crippen LogP contribution in [0, 0.1) is 0 Å². The van der Waals surface area contributed by atoms with Crippen molar-refractivity contribution in [1.29, 1.82) is 0 Å². The predicted octanol–water partition coefficient (Wildman–Crippen LogP) is 6.22. The van der Waals surface area contributed by atoms with Gasteiger partial charge in [-0.15, -0.1) is 0 Å². The largest absolute Gasteiger partial charge is 0.507 e. The maximum absolute atomic E-state index is 13.1. The van der Waals surface area contributed by atoms with Crippen LogP contribution in [0.25, 0.3) is 6.08 Å². The van der Waals surface area contributed by atoms with E-state index < -0.39 is 11.8 Å². The summed E-state index contributed by atoms with van der Waals surface area (Å²) in [6.07, 6.45) is 2.76. The molecule has 1 heterocycles. The number of nitrogens with one attached hydrogen (secondary N) is 2. The molecule has 11 heteroatoms. The smallest absolute Gasteiger partial charge is 0.287 e. The minimum absolute atomic E-state index is 0.0596. The molecule has 0 saturated carbocycles. The molecule has 4 aromatic rings. The number of phenolic OH excluding ortho intramolecular Hbond substituents is 1. The lowest BCUT2D eigenvalue weighted by Gasteiger charge is -2.09. The van der Waals surface area contributed by atoms with Gasteiger partial charge in [-0.05, 0) is 72.3 Å². The van der Waals surface area contributed by atoms with Crippen LogP contribution in [-0.2, 0) is 4.79 Å². The Labute approximate surface area is 243 Å². The van der Waals surface area contributed by atoms with Gasteiger partial charge in [-0.25, -0.2) is 5.43 Å². The first-order chi connectivity index (χ1) is 19.9. The lowest BCUT2D eigenvalue weighted by atomic mass is 10.1. The summed E-state index contributed by atoms with van der Waals surface area (Å²) in [7, 11) is 0. The molecule has 0 aromatic heterocycles. The van der Waals surface area contributed by atoms with Crippen molar-refractivity contribution in [3.63, 3.8) is 0 Å². The number of ether oxygens (including phenoxy) is 2. The highest BCUT2D eigenvalue weighted by atomic mass is 79.9. The molecular weight excluding hydrogens is 590 g/mol. The minimum atomic E-state index is -0.687. The Morgan fingerprint density at radius 2 is 1.63 bits per heavy atom. The zero-order valence-corrected chi connectivity index (χ0v) is 22.9. The highest BCUT2D eigenvalue weighted by Gasteiger charge is 2.17. The van der Waals surface area contributed by atoms with E-state index in [4.69, 9.17) is 9.47 Å². The summed E-state index contributed by atoms with van der Waals surface area (Å²) in [5, 5.41) is 25.3. The SMILES string of the molecule is O=C(NN=Cc1cc(N=Nc2cccc(Br)c2)ccc1O)C(=Cc1ccc2c(c1)OCO2)NC(=O)c1ccccc1. The van der Waals surface area contributed by atoms with E-state index in [1.54, 1.807) is 66.7 Å². The molecule has 0 unspecified atom stereocenters. The molecule has 0 atom stereocenters. The number of phenols is 1. The van der Waals surface area contributed by atoms with Crippen LogP contribution in [0.1, 0.15) is 21.5 Å². The summed E-state index contributed by atoms with van der Waals surface area (Å²) in [4.78, 5) is 25.9. The van der Waals surface area contributed by atoms with Crippen molar-refractivity contribution in [3.8, 4) is 17.2 Å². The molecule has 0 aliphatic carbocycles. The van der Waals surface area contributed by atoms with E-state index in [1.807, 2.05) is 18.2 Å². The predicted molar refractivity (Wildman–Crippen MR) is 157 cm³/mol. The topological polar surface area (TPSA) is 134 Å². The van der Waals surface area contributed by atoms with Crippen LogP contribution in [0.3, 0.4) is 0 Å². The van der Waals surface area contributed by atoms with Gasteiger partial charge in [-0.2, -0.15) is 15.3 Å². The van der Waals surface area contributed by atoms with E-state index in [9.17, 15) is 14.7 Å². The van der Waals surface area contributed by atoms with Gasteiger partial charge >= 0.3 is 0 Å². The average Bonchev–Trinajstić information content (AvgIpc) is 3.45. The van der Waals surface area contributed by atoms with Gasteiger partial charge < -0.3 is 19.9 Å². The van der Waals surface area contributed by atoms with E-state index in [2.05, 4.69) is 42.0 Å². The second-order valence-corrected chi connectivity index (χ2v) is 9.53. The number of rotatable bonds is 8. The van der Waals surface area contributed by atoms with E-state index in [0.29, 0.717) is 39.6 Å². The molecule has 0 spiro atoms. The third-order valence-corrected chi connectivity index (χ3v) is 6.20. The van der Waals surface area contributed by atoms with Gasteiger partial charge in [0.2, 0.25) is 6.79 Å². The summed E-state index contributed by atoms with van der Waals surface area (Å²) in [6, 6.07) is 25.6. The van der Waals surface area contributed by atoms with Crippen molar-refractivity contribution in [2.24, 2.45) is 15.3 Å². The first-order valence-corrected chi connectivity index (χ1v) is 13.1. The lowest BCUT2D eigenvalue weighted by Crippen LogP contribution is -2.32. The molecule has 3 N–H and O–H groups in total. The first-order valence-electron chi connectivity index (χ1n) is 12.3. The Morgan fingerprint density at radius 3 is 2.44 bits per heavy atom. The molecule has 2 amide bonds. The van der Waals surface area contributed by atoms with E-state index in [1.165, 1.54) is 18.4 Å². The van der Waals surface area contributed by atoms with Gasteiger partial charge in [0, 0.05) is 15.6 Å². The molecule has 0 bridgehead atoms. The third kappa shape index (κ3) is 7.22. The maximum Gasteiger partial charge on any atom is 0.287 e. The average molecular weight is 612 g/mol. The normalized spacial score (nSPS) is 12.6. The number of azo groups is 1. The second kappa shape index (κ2) is 12.7. The molecule has 41 heavy (non-hydrogen) atoms. The molecular formula is C30H22BrN5O5. The van der Waals surface area contributed by atoms with Crippen molar-refractivity contribution >= 4 is 51.4 Å². The number of hydrazone groups is 1. The van der Waals surface area contributed by atoms with Gasteiger partial charge in [0.05, 0.1) is 17.6 Å². The number of hydrogen-bond donors (Lipinski definition) is 3. The van der Waals surface area contributed by atoms with Crippen LogP contribution in [0.15, 0.2) is 116 Å². The van der Waals surface area contributed by atoms with Crippen LogP contribution < -0.4 is 20.2 Å². The highest BCUT2D eigenvalue weighted by molar-refractivity contribution is 9.10. The van der Waals surface area contributed by atoms with E-state index in [0.717, 1.165) is 4.47 Å². The molecule has 0 fully saturated rings. The Bertz CT molecular complexity index is 1690. The summed E-state index contributed by atoms with van der Waals surface area (Å²) in [5.74, 6) is -0.119. The van der Waals surface area contributed by atoms with Crippen molar-refractivity contribution in [2.45, 2.75) is 0 Å². The summed E-state index contributed by atoms with van der Waals surface area (Å²) in [5.41, 5.74) is 4.71. The molecule has 10 nitrogen and oxygen atoms in total. The number of halogens is 1. The van der Waals surface area contributed by atoms with Crippen LogP contribution in [-0.4, -0.2) is 29.9 Å². The number of aromatic hydroxyl groups is 1.